The Morgan fingerprint density at radius 1 is 1.21 bits per heavy atom. The SMILES string of the molecule is CN=C(NCc1cccn1C)NCc1ccnn1C. The quantitative estimate of drug-likeness (QED) is 0.626. The van der Waals surface area contributed by atoms with Gasteiger partial charge in [0, 0.05) is 39.2 Å². The van der Waals surface area contributed by atoms with Crippen molar-refractivity contribution in [2.45, 2.75) is 13.1 Å². The highest BCUT2D eigenvalue weighted by molar-refractivity contribution is 5.79. The standard InChI is InChI=1S/C13H20N6/c1-14-13(15-9-11-5-4-8-18(11)2)16-10-12-6-7-17-19(12)3/h4-8H,9-10H2,1-3H3,(H2,14,15,16). The zero-order valence-electron chi connectivity index (χ0n) is 11.6. The maximum atomic E-state index is 4.20. The third-order valence-electron chi connectivity index (χ3n) is 3.07. The second-order valence-electron chi connectivity index (χ2n) is 4.34. The van der Waals surface area contributed by atoms with Gasteiger partial charge in [0.25, 0.3) is 0 Å². The van der Waals surface area contributed by atoms with Gasteiger partial charge in [0.05, 0.1) is 18.8 Å². The van der Waals surface area contributed by atoms with Crippen molar-refractivity contribution in [1.29, 1.82) is 0 Å². The molecule has 0 aliphatic heterocycles. The first-order chi connectivity index (χ1) is 9.20. The van der Waals surface area contributed by atoms with Crippen LogP contribution in [0.5, 0.6) is 0 Å². The average molecular weight is 260 g/mol. The molecule has 2 heterocycles. The van der Waals surface area contributed by atoms with Crippen LogP contribution in [0.15, 0.2) is 35.6 Å². The molecular weight excluding hydrogens is 240 g/mol. The molecule has 0 amide bonds. The molecule has 102 valence electrons. The van der Waals surface area contributed by atoms with Gasteiger partial charge >= 0.3 is 0 Å². The average Bonchev–Trinajstić information content (AvgIpc) is 2.99. The van der Waals surface area contributed by atoms with Crippen LogP contribution in [0.3, 0.4) is 0 Å². The smallest absolute Gasteiger partial charge is 0.191 e. The molecule has 0 aromatic carbocycles. The van der Waals surface area contributed by atoms with Gasteiger partial charge in [0.1, 0.15) is 0 Å². The second-order valence-corrected chi connectivity index (χ2v) is 4.34. The number of nitrogens with one attached hydrogen (secondary N) is 2. The largest absolute Gasteiger partial charge is 0.353 e. The predicted molar refractivity (Wildman–Crippen MR) is 75.7 cm³/mol. The number of nitrogens with zero attached hydrogens (tertiary/aromatic N) is 4. The van der Waals surface area contributed by atoms with E-state index in [0.29, 0.717) is 6.54 Å². The number of guanidine groups is 1. The fourth-order valence-electron chi connectivity index (χ4n) is 1.82. The summed E-state index contributed by atoms with van der Waals surface area (Å²) in [7, 11) is 5.73. The molecule has 0 unspecified atom stereocenters. The number of rotatable bonds is 4. The molecule has 0 spiro atoms. The van der Waals surface area contributed by atoms with E-state index >= 15 is 0 Å². The van der Waals surface area contributed by atoms with Gasteiger partial charge in [-0.25, -0.2) is 0 Å². The van der Waals surface area contributed by atoms with E-state index in [1.54, 1.807) is 13.2 Å². The van der Waals surface area contributed by atoms with Crippen molar-refractivity contribution in [2.75, 3.05) is 7.05 Å². The first kappa shape index (κ1) is 13.2. The van der Waals surface area contributed by atoms with Crippen molar-refractivity contribution in [3.8, 4) is 0 Å². The van der Waals surface area contributed by atoms with Crippen LogP contribution in [0.2, 0.25) is 0 Å². The van der Waals surface area contributed by atoms with Gasteiger partial charge in [0.2, 0.25) is 0 Å². The summed E-state index contributed by atoms with van der Waals surface area (Å²) in [6.45, 7) is 1.44. The highest BCUT2D eigenvalue weighted by Crippen LogP contribution is 1.98. The molecule has 0 radical (unpaired) electrons. The molecule has 0 aliphatic rings. The van der Waals surface area contributed by atoms with Crippen molar-refractivity contribution in [3.05, 3.63) is 42.0 Å². The highest BCUT2D eigenvalue weighted by atomic mass is 15.3. The van der Waals surface area contributed by atoms with Crippen LogP contribution in [-0.4, -0.2) is 27.4 Å². The van der Waals surface area contributed by atoms with E-state index < -0.39 is 0 Å². The van der Waals surface area contributed by atoms with Crippen LogP contribution in [0.25, 0.3) is 0 Å². The number of hydrogen-bond acceptors (Lipinski definition) is 2. The Bertz CT molecular complexity index is 505. The van der Waals surface area contributed by atoms with E-state index in [1.807, 2.05) is 37.1 Å². The minimum absolute atomic E-state index is 0.698. The van der Waals surface area contributed by atoms with E-state index in [9.17, 15) is 0 Å². The first-order valence-corrected chi connectivity index (χ1v) is 6.22. The lowest BCUT2D eigenvalue weighted by Gasteiger charge is -2.12. The zero-order valence-corrected chi connectivity index (χ0v) is 11.6. The molecule has 19 heavy (non-hydrogen) atoms. The monoisotopic (exact) mass is 260 g/mol. The van der Waals surface area contributed by atoms with Crippen LogP contribution in [0.1, 0.15) is 11.4 Å². The summed E-state index contributed by atoms with van der Waals surface area (Å²) in [5, 5.41) is 10.7. The molecule has 2 aromatic rings. The molecule has 2 aromatic heterocycles. The molecule has 0 bridgehead atoms. The van der Waals surface area contributed by atoms with Crippen molar-refractivity contribution < 1.29 is 0 Å². The molecule has 0 saturated carbocycles. The van der Waals surface area contributed by atoms with Crippen molar-refractivity contribution in [1.82, 2.24) is 25.0 Å². The summed E-state index contributed by atoms with van der Waals surface area (Å²) in [6, 6.07) is 6.10. The lowest BCUT2D eigenvalue weighted by Crippen LogP contribution is -2.37. The van der Waals surface area contributed by atoms with Gasteiger partial charge < -0.3 is 15.2 Å². The fourth-order valence-corrected chi connectivity index (χ4v) is 1.82. The lowest BCUT2D eigenvalue weighted by atomic mass is 10.4. The Labute approximate surface area is 113 Å². The van der Waals surface area contributed by atoms with Gasteiger partial charge in [-0.05, 0) is 18.2 Å². The van der Waals surface area contributed by atoms with Gasteiger partial charge in [-0.1, -0.05) is 0 Å². The summed E-state index contributed by atoms with van der Waals surface area (Å²) in [4.78, 5) is 4.20. The molecule has 0 atom stereocenters. The predicted octanol–water partition coefficient (Wildman–Crippen LogP) is 0.624. The van der Waals surface area contributed by atoms with Gasteiger partial charge in [-0.15, -0.1) is 0 Å². The molecule has 0 aliphatic carbocycles. The van der Waals surface area contributed by atoms with Crippen LogP contribution < -0.4 is 10.6 Å². The summed E-state index contributed by atoms with van der Waals surface area (Å²) in [5.41, 5.74) is 2.32. The highest BCUT2D eigenvalue weighted by Gasteiger charge is 2.02. The molecule has 0 fully saturated rings. The Morgan fingerprint density at radius 2 is 1.95 bits per heavy atom. The zero-order chi connectivity index (χ0) is 13.7. The van der Waals surface area contributed by atoms with Crippen LogP contribution >= 0.6 is 0 Å². The van der Waals surface area contributed by atoms with Crippen molar-refractivity contribution in [2.24, 2.45) is 19.1 Å². The maximum absolute atomic E-state index is 4.20. The van der Waals surface area contributed by atoms with E-state index in [0.717, 1.165) is 18.2 Å². The summed E-state index contributed by atoms with van der Waals surface area (Å²) in [6.07, 6.45) is 3.82. The number of aliphatic imine (C=N–C) groups is 1. The van der Waals surface area contributed by atoms with Crippen molar-refractivity contribution >= 4 is 5.96 Å². The summed E-state index contributed by atoms with van der Waals surface area (Å²) in [5.74, 6) is 0.780. The van der Waals surface area contributed by atoms with Gasteiger partial charge in [-0.3, -0.25) is 9.67 Å². The third-order valence-corrected chi connectivity index (χ3v) is 3.07. The van der Waals surface area contributed by atoms with E-state index in [4.69, 9.17) is 0 Å². The first-order valence-electron chi connectivity index (χ1n) is 6.22. The van der Waals surface area contributed by atoms with Crippen LogP contribution in [-0.2, 0) is 27.2 Å². The minimum Gasteiger partial charge on any atom is -0.353 e. The molecule has 0 saturated heterocycles. The fraction of sp³-hybridized carbons (Fsp3) is 0.385. The van der Waals surface area contributed by atoms with E-state index in [2.05, 4.69) is 31.4 Å². The third kappa shape index (κ3) is 3.37. The second kappa shape index (κ2) is 6.08. The van der Waals surface area contributed by atoms with Crippen LogP contribution in [0.4, 0.5) is 0 Å². The molecule has 2 N–H and O–H groups in total. The number of aromatic nitrogens is 3. The van der Waals surface area contributed by atoms with Crippen LogP contribution in [0, 0.1) is 0 Å². The summed E-state index contributed by atoms with van der Waals surface area (Å²) >= 11 is 0. The Kier molecular flexibility index (Phi) is 4.22. The minimum atomic E-state index is 0.698. The van der Waals surface area contributed by atoms with Crippen molar-refractivity contribution in [3.63, 3.8) is 0 Å². The number of aryl methyl sites for hydroxylation is 2. The number of hydrogen-bond donors (Lipinski definition) is 2. The lowest BCUT2D eigenvalue weighted by molar-refractivity contribution is 0.681. The Balaban J connectivity index is 1.84. The Morgan fingerprint density at radius 3 is 2.47 bits per heavy atom. The summed E-state index contributed by atoms with van der Waals surface area (Å²) < 4.78 is 3.93. The molecule has 2 rings (SSSR count). The van der Waals surface area contributed by atoms with Gasteiger partial charge in [0.15, 0.2) is 5.96 Å². The molecular formula is C13H20N6. The van der Waals surface area contributed by atoms with E-state index in [-0.39, 0.29) is 0 Å². The molecule has 6 heteroatoms. The normalized spacial score (nSPS) is 11.6. The topological polar surface area (TPSA) is 59.2 Å². The van der Waals surface area contributed by atoms with Gasteiger partial charge in [-0.2, -0.15) is 5.10 Å². The van der Waals surface area contributed by atoms with E-state index in [1.165, 1.54) is 5.69 Å². The molecule has 6 nitrogen and oxygen atoms in total. The maximum Gasteiger partial charge on any atom is 0.191 e. The Hall–Kier alpha value is -2.24.